The molecule has 2 fully saturated rings. The van der Waals surface area contributed by atoms with Gasteiger partial charge in [0.2, 0.25) is 10.0 Å². The maximum Gasteiger partial charge on any atom is 0.408 e. The van der Waals surface area contributed by atoms with Crippen LogP contribution in [0.3, 0.4) is 0 Å². The lowest BCUT2D eigenvalue weighted by atomic mass is 9.90. The quantitative estimate of drug-likeness (QED) is 0.417. The number of nitrogens with one attached hydrogen (secondary N) is 1. The topological polar surface area (TPSA) is 92.5 Å². The Kier molecular flexibility index (Phi) is 6.60. The van der Waals surface area contributed by atoms with E-state index < -0.39 is 34.8 Å². The molecule has 8 nitrogen and oxygen atoms in total. The van der Waals surface area contributed by atoms with Crippen molar-refractivity contribution in [2.45, 2.75) is 56.2 Å². The maximum atomic E-state index is 13.1. The number of halogens is 4. The van der Waals surface area contributed by atoms with E-state index in [2.05, 4.69) is 14.8 Å². The first-order valence-electron chi connectivity index (χ1n) is 12.3. The van der Waals surface area contributed by atoms with Crippen molar-refractivity contribution >= 4 is 44.4 Å². The van der Waals surface area contributed by atoms with Crippen molar-refractivity contribution in [3.63, 3.8) is 0 Å². The number of aryl methyl sites for hydroxylation is 1. The Labute approximate surface area is 232 Å². The summed E-state index contributed by atoms with van der Waals surface area (Å²) in [4.78, 5) is 11.4. The van der Waals surface area contributed by atoms with E-state index in [1.165, 1.54) is 23.7 Å². The van der Waals surface area contributed by atoms with Crippen molar-refractivity contribution in [2.75, 3.05) is 6.54 Å². The number of thiazole rings is 1. The standard InChI is InChI=1S/C25H24ClF3N6O2S2/c1-14-2-5-18(19(26)8-14)22-21(15-10-31-34(11-15)13-25(27,28)29)20-9-16(33-39(36,37)17-3-4-17)12-35(20)23(32-22)24-30-6-7-38-24/h2,5-8,10-11,16-17,22,33H,3-4,9,12-13H2,1H3/t16-,22-/m0/s1. The molecule has 1 saturated carbocycles. The van der Waals surface area contributed by atoms with Crippen LogP contribution in [-0.2, 0) is 16.6 Å². The minimum Gasteiger partial charge on any atom is -0.326 e. The molecule has 3 aromatic rings. The van der Waals surface area contributed by atoms with E-state index in [1.54, 1.807) is 6.20 Å². The van der Waals surface area contributed by atoms with Crippen LogP contribution < -0.4 is 4.72 Å². The number of benzene rings is 1. The first-order chi connectivity index (χ1) is 18.5. The number of amidine groups is 1. The first kappa shape index (κ1) is 26.5. The largest absolute Gasteiger partial charge is 0.408 e. The van der Waals surface area contributed by atoms with Crippen molar-refractivity contribution in [1.29, 1.82) is 0 Å². The van der Waals surface area contributed by atoms with Gasteiger partial charge >= 0.3 is 6.18 Å². The third-order valence-electron chi connectivity index (χ3n) is 6.91. The van der Waals surface area contributed by atoms with E-state index in [1.807, 2.05) is 35.4 Å². The van der Waals surface area contributed by atoms with Gasteiger partial charge in [-0.05, 0) is 37.0 Å². The second kappa shape index (κ2) is 9.72. The van der Waals surface area contributed by atoms with Crippen molar-refractivity contribution in [3.05, 3.63) is 74.6 Å². The number of hydrogen-bond acceptors (Lipinski definition) is 7. The van der Waals surface area contributed by atoms with Gasteiger partial charge in [0, 0.05) is 58.6 Å². The minimum absolute atomic E-state index is 0.314. The van der Waals surface area contributed by atoms with Crippen LogP contribution in [0.2, 0.25) is 5.02 Å². The van der Waals surface area contributed by atoms with Crippen molar-refractivity contribution < 1.29 is 21.6 Å². The molecule has 4 heterocycles. The van der Waals surface area contributed by atoms with Gasteiger partial charge < -0.3 is 4.90 Å². The highest BCUT2D eigenvalue weighted by molar-refractivity contribution is 7.90. The average Bonchev–Trinajstić information content (AvgIpc) is 3.21. The number of sulfonamides is 1. The zero-order chi connectivity index (χ0) is 27.5. The predicted octanol–water partition coefficient (Wildman–Crippen LogP) is 4.93. The zero-order valence-electron chi connectivity index (χ0n) is 20.7. The Hall–Kier alpha value is -2.74. The summed E-state index contributed by atoms with van der Waals surface area (Å²) in [6.07, 6.45) is 1.59. The number of rotatable bonds is 7. The summed E-state index contributed by atoms with van der Waals surface area (Å²) in [6, 6.07) is 4.49. The van der Waals surface area contributed by atoms with Crippen LogP contribution in [0, 0.1) is 6.92 Å². The molecule has 1 N–H and O–H groups in total. The van der Waals surface area contributed by atoms with Crippen LogP contribution in [0.5, 0.6) is 0 Å². The summed E-state index contributed by atoms with van der Waals surface area (Å²) in [6.45, 7) is 0.998. The number of hydrogen-bond donors (Lipinski definition) is 1. The number of nitrogens with zero attached hydrogens (tertiary/aromatic N) is 5. The molecule has 0 bridgehead atoms. The molecule has 0 radical (unpaired) electrons. The number of aliphatic imine (C=N–C) groups is 1. The molecule has 2 aromatic heterocycles. The summed E-state index contributed by atoms with van der Waals surface area (Å²) < 4.78 is 68.7. The van der Waals surface area contributed by atoms with E-state index in [4.69, 9.17) is 16.6 Å². The lowest BCUT2D eigenvalue weighted by Crippen LogP contribution is -2.40. The summed E-state index contributed by atoms with van der Waals surface area (Å²) in [5, 5.41) is 6.55. The number of fused-ring (bicyclic) bond motifs is 1. The molecule has 0 amide bonds. The predicted molar refractivity (Wildman–Crippen MR) is 143 cm³/mol. The molecule has 6 rings (SSSR count). The van der Waals surface area contributed by atoms with Crippen LogP contribution in [0.25, 0.3) is 5.57 Å². The third-order valence-corrected chi connectivity index (χ3v) is 10.0. The summed E-state index contributed by atoms with van der Waals surface area (Å²) in [5.41, 5.74) is 3.50. The highest BCUT2D eigenvalue weighted by Gasteiger charge is 2.44. The van der Waals surface area contributed by atoms with Crippen LogP contribution in [0.15, 0.2) is 52.9 Å². The molecular formula is C25H24ClF3N6O2S2. The van der Waals surface area contributed by atoms with Gasteiger partial charge in [-0.15, -0.1) is 11.3 Å². The molecule has 2 atom stereocenters. The molecule has 1 saturated heterocycles. The fraction of sp³-hybridized carbons (Fsp3) is 0.400. The Morgan fingerprint density at radius 3 is 2.72 bits per heavy atom. The monoisotopic (exact) mass is 596 g/mol. The maximum absolute atomic E-state index is 13.1. The van der Waals surface area contributed by atoms with Gasteiger partial charge in [-0.2, -0.15) is 18.3 Å². The van der Waals surface area contributed by atoms with Gasteiger partial charge in [0.15, 0.2) is 10.8 Å². The van der Waals surface area contributed by atoms with Gasteiger partial charge in [0.25, 0.3) is 0 Å². The van der Waals surface area contributed by atoms with Crippen LogP contribution in [-0.4, -0.2) is 57.9 Å². The minimum atomic E-state index is -4.44. The van der Waals surface area contributed by atoms with Gasteiger partial charge in [0.1, 0.15) is 12.6 Å². The Balaban J connectivity index is 1.49. The fourth-order valence-electron chi connectivity index (χ4n) is 5.09. The SMILES string of the molecule is Cc1ccc([C@@H]2N=C(c3nccs3)N3C[C@@H](NS(=O)(=O)C4CC4)CC3=C2c2cnn(CC(F)(F)F)c2)c(Cl)c1. The average molecular weight is 597 g/mol. The van der Waals surface area contributed by atoms with E-state index in [-0.39, 0.29) is 5.25 Å². The van der Waals surface area contributed by atoms with Crippen LogP contribution in [0.4, 0.5) is 13.2 Å². The number of alkyl halides is 3. The third kappa shape index (κ3) is 5.37. The summed E-state index contributed by atoms with van der Waals surface area (Å²) >= 11 is 8.10. The van der Waals surface area contributed by atoms with Gasteiger partial charge in [0.05, 0.1) is 11.4 Å². The fourth-order valence-corrected chi connectivity index (χ4v) is 7.64. The summed E-state index contributed by atoms with van der Waals surface area (Å²) in [7, 11) is -3.47. The Morgan fingerprint density at radius 1 is 1.26 bits per heavy atom. The molecule has 2 aliphatic heterocycles. The molecule has 1 aliphatic carbocycles. The van der Waals surface area contributed by atoms with Gasteiger partial charge in [-0.1, -0.05) is 23.7 Å². The van der Waals surface area contributed by atoms with E-state index in [0.29, 0.717) is 58.4 Å². The van der Waals surface area contributed by atoms with E-state index in [0.717, 1.165) is 15.9 Å². The summed E-state index contributed by atoms with van der Waals surface area (Å²) in [5.74, 6) is 0.571. The lowest BCUT2D eigenvalue weighted by Gasteiger charge is -2.32. The highest BCUT2D eigenvalue weighted by atomic mass is 35.5. The van der Waals surface area contributed by atoms with Crippen LogP contribution in [0.1, 0.15) is 47.0 Å². The molecule has 0 unspecified atom stereocenters. The smallest absolute Gasteiger partial charge is 0.326 e. The normalized spacial score (nSPS) is 21.9. The molecular weight excluding hydrogens is 573 g/mol. The zero-order valence-corrected chi connectivity index (χ0v) is 23.1. The Morgan fingerprint density at radius 2 is 2.05 bits per heavy atom. The molecule has 3 aliphatic rings. The van der Waals surface area contributed by atoms with E-state index >= 15 is 0 Å². The molecule has 206 valence electrons. The molecule has 39 heavy (non-hydrogen) atoms. The van der Waals surface area contributed by atoms with Crippen LogP contribution >= 0.6 is 22.9 Å². The molecule has 14 heteroatoms. The first-order valence-corrected chi connectivity index (χ1v) is 15.1. The lowest BCUT2D eigenvalue weighted by molar-refractivity contribution is -0.142. The molecule has 1 aromatic carbocycles. The van der Waals surface area contributed by atoms with Crippen molar-refractivity contribution in [2.24, 2.45) is 4.99 Å². The molecule has 0 spiro atoms. The van der Waals surface area contributed by atoms with Crippen molar-refractivity contribution in [1.82, 2.24) is 24.4 Å². The number of aromatic nitrogens is 3. The highest BCUT2D eigenvalue weighted by Crippen LogP contribution is 2.46. The second-order valence-electron chi connectivity index (χ2n) is 9.99. The second-order valence-corrected chi connectivity index (χ2v) is 13.3. The van der Waals surface area contributed by atoms with E-state index in [9.17, 15) is 21.6 Å². The van der Waals surface area contributed by atoms with Gasteiger partial charge in [-0.3, -0.25) is 9.67 Å². The Bertz CT molecular complexity index is 1580. The van der Waals surface area contributed by atoms with Crippen molar-refractivity contribution in [3.8, 4) is 0 Å². The van der Waals surface area contributed by atoms with Gasteiger partial charge in [-0.25, -0.2) is 18.1 Å².